The van der Waals surface area contributed by atoms with E-state index in [2.05, 4.69) is 25.4 Å². The molecule has 0 bridgehead atoms. The fraction of sp³-hybridized carbons (Fsp3) is 0.769. The van der Waals surface area contributed by atoms with Crippen molar-refractivity contribution in [3.8, 4) is 0 Å². The maximum atomic E-state index is 4.10. The van der Waals surface area contributed by atoms with Gasteiger partial charge in [-0.2, -0.15) is 0 Å². The van der Waals surface area contributed by atoms with Crippen LogP contribution in [0, 0.1) is 11.3 Å². The largest absolute Gasteiger partial charge is 0.249 e. The molecule has 78 valence electrons. The van der Waals surface area contributed by atoms with Crippen LogP contribution in [0.2, 0.25) is 0 Å². The van der Waals surface area contributed by atoms with Crippen LogP contribution in [0.25, 0.3) is 0 Å². The second-order valence-electron chi connectivity index (χ2n) is 5.36. The van der Waals surface area contributed by atoms with Crippen LogP contribution in [0.5, 0.6) is 0 Å². The first kappa shape index (κ1) is 9.95. The molecule has 14 heavy (non-hydrogen) atoms. The molecule has 0 spiro atoms. The van der Waals surface area contributed by atoms with Crippen molar-refractivity contribution < 1.29 is 4.99 Å². The number of allylic oxidation sites excluding steroid dienone is 1. The molecular formula is C13H22N+. The molecule has 1 saturated carbocycles. The minimum absolute atomic E-state index is 0.504. The SMILES string of the molecule is C=C(C)[C@H]1CC[C@@]2(C)CCC[NH+]=C2C1. The lowest BCUT2D eigenvalue weighted by atomic mass is 9.66. The van der Waals surface area contributed by atoms with E-state index in [0.29, 0.717) is 5.41 Å². The molecule has 1 nitrogen and oxygen atoms in total. The van der Waals surface area contributed by atoms with Gasteiger partial charge in [-0.1, -0.05) is 19.1 Å². The fourth-order valence-corrected chi connectivity index (χ4v) is 2.94. The average molecular weight is 192 g/mol. The highest BCUT2D eigenvalue weighted by Crippen LogP contribution is 2.40. The summed E-state index contributed by atoms with van der Waals surface area (Å²) in [4.78, 5) is 3.62. The summed E-state index contributed by atoms with van der Waals surface area (Å²) in [5.74, 6) is 0.740. The van der Waals surface area contributed by atoms with E-state index in [1.54, 1.807) is 5.71 Å². The Morgan fingerprint density at radius 2 is 2.29 bits per heavy atom. The highest BCUT2D eigenvalue weighted by atomic mass is 14.8. The second kappa shape index (κ2) is 3.52. The van der Waals surface area contributed by atoms with E-state index >= 15 is 0 Å². The van der Waals surface area contributed by atoms with Crippen LogP contribution in [0.3, 0.4) is 0 Å². The molecular weight excluding hydrogens is 170 g/mol. The van der Waals surface area contributed by atoms with Crippen molar-refractivity contribution >= 4 is 5.71 Å². The Morgan fingerprint density at radius 1 is 1.50 bits per heavy atom. The molecule has 2 rings (SSSR count). The van der Waals surface area contributed by atoms with Crippen molar-refractivity contribution in [1.82, 2.24) is 0 Å². The standard InChI is InChI=1S/C13H21N/c1-10(2)11-5-7-13(3)6-4-8-14-12(13)9-11/h11H,1,4-9H2,2-3H3/p+1/t11-,13+/m0/s1. The summed E-state index contributed by atoms with van der Waals surface area (Å²) in [6.07, 6.45) is 6.67. The summed E-state index contributed by atoms with van der Waals surface area (Å²) in [6, 6.07) is 0. The van der Waals surface area contributed by atoms with Crippen LogP contribution in [0.4, 0.5) is 0 Å². The highest BCUT2D eigenvalue weighted by Gasteiger charge is 2.42. The maximum absolute atomic E-state index is 4.10. The number of hydrogen-bond donors (Lipinski definition) is 1. The lowest BCUT2D eigenvalue weighted by molar-refractivity contribution is -0.471. The van der Waals surface area contributed by atoms with Gasteiger partial charge in [0.15, 0.2) is 5.71 Å². The van der Waals surface area contributed by atoms with Crippen molar-refractivity contribution in [2.75, 3.05) is 6.54 Å². The normalized spacial score (nSPS) is 37.3. The first-order valence-electron chi connectivity index (χ1n) is 5.87. The zero-order valence-electron chi connectivity index (χ0n) is 9.53. The topological polar surface area (TPSA) is 14.0 Å². The third-order valence-corrected chi connectivity index (χ3v) is 4.16. The third kappa shape index (κ3) is 1.65. The minimum Gasteiger partial charge on any atom is -0.249 e. The van der Waals surface area contributed by atoms with Crippen molar-refractivity contribution in [3.05, 3.63) is 12.2 Å². The van der Waals surface area contributed by atoms with Gasteiger partial charge in [0.05, 0.1) is 0 Å². The molecule has 0 aromatic heterocycles. The van der Waals surface area contributed by atoms with E-state index in [1.165, 1.54) is 44.2 Å². The molecule has 1 aliphatic heterocycles. The molecule has 2 aliphatic rings. The molecule has 0 saturated heterocycles. The lowest BCUT2D eigenvalue weighted by Crippen LogP contribution is -2.79. The molecule has 1 aliphatic carbocycles. The summed E-state index contributed by atoms with van der Waals surface area (Å²) >= 11 is 0. The third-order valence-electron chi connectivity index (χ3n) is 4.16. The molecule has 1 heteroatoms. The van der Waals surface area contributed by atoms with Crippen LogP contribution in [-0.4, -0.2) is 12.3 Å². The first-order chi connectivity index (χ1) is 6.62. The summed E-state index contributed by atoms with van der Waals surface area (Å²) < 4.78 is 0. The van der Waals surface area contributed by atoms with Crippen LogP contribution >= 0.6 is 0 Å². The molecule has 1 fully saturated rings. The lowest BCUT2D eigenvalue weighted by Gasteiger charge is -2.37. The first-order valence-corrected chi connectivity index (χ1v) is 5.87. The molecule has 0 unspecified atom stereocenters. The summed E-state index contributed by atoms with van der Waals surface area (Å²) in [5.41, 5.74) is 3.49. The average Bonchev–Trinajstić information content (AvgIpc) is 2.16. The molecule has 1 heterocycles. The monoisotopic (exact) mass is 192 g/mol. The molecule has 0 radical (unpaired) electrons. The summed E-state index contributed by atoms with van der Waals surface area (Å²) in [7, 11) is 0. The fourth-order valence-electron chi connectivity index (χ4n) is 2.94. The van der Waals surface area contributed by atoms with E-state index in [9.17, 15) is 0 Å². The van der Waals surface area contributed by atoms with Gasteiger partial charge in [0.1, 0.15) is 6.54 Å². The zero-order chi connectivity index (χ0) is 10.2. The quantitative estimate of drug-likeness (QED) is 0.608. The Bertz CT molecular complexity index is 277. The molecule has 0 aromatic rings. The second-order valence-corrected chi connectivity index (χ2v) is 5.36. The van der Waals surface area contributed by atoms with Gasteiger partial charge in [-0.05, 0) is 32.1 Å². The van der Waals surface area contributed by atoms with E-state index in [4.69, 9.17) is 0 Å². The number of hydrogen-bond acceptors (Lipinski definition) is 0. The van der Waals surface area contributed by atoms with Crippen molar-refractivity contribution in [2.45, 2.75) is 46.0 Å². The van der Waals surface area contributed by atoms with E-state index in [0.717, 1.165) is 5.92 Å². The van der Waals surface area contributed by atoms with Crippen LogP contribution in [0.1, 0.15) is 46.0 Å². The van der Waals surface area contributed by atoms with Gasteiger partial charge in [-0.15, -0.1) is 0 Å². The van der Waals surface area contributed by atoms with Gasteiger partial charge in [-0.3, -0.25) is 0 Å². The predicted octanol–water partition coefficient (Wildman–Crippen LogP) is 1.68. The van der Waals surface area contributed by atoms with Gasteiger partial charge < -0.3 is 0 Å². The number of rotatable bonds is 1. The van der Waals surface area contributed by atoms with Crippen LogP contribution in [-0.2, 0) is 0 Å². The number of nitrogens with one attached hydrogen (secondary N) is 1. The minimum atomic E-state index is 0.504. The molecule has 0 aromatic carbocycles. The Kier molecular flexibility index (Phi) is 2.50. The Labute approximate surface area is 87.3 Å². The Hall–Kier alpha value is -0.590. The van der Waals surface area contributed by atoms with Crippen LogP contribution < -0.4 is 4.99 Å². The molecule has 0 amide bonds. The van der Waals surface area contributed by atoms with Crippen molar-refractivity contribution in [2.24, 2.45) is 11.3 Å². The summed E-state index contributed by atoms with van der Waals surface area (Å²) in [6.45, 7) is 9.90. The van der Waals surface area contributed by atoms with Gasteiger partial charge in [-0.25, -0.2) is 4.99 Å². The Balaban J connectivity index is 2.16. The van der Waals surface area contributed by atoms with E-state index < -0.39 is 0 Å². The van der Waals surface area contributed by atoms with Gasteiger partial charge in [0, 0.05) is 18.3 Å². The van der Waals surface area contributed by atoms with Crippen LogP contribution in [0.15, 0.2) is 12.2 Å². The van der Waals surface area contributed by atoms with E-state index in [1.807, 2.05) is 0 Å². The highest BCUT2D eigenvalue weighted by molar-refractivity contribution is 5.86. The van der Waals surface area contributed by atoms with Gasteiger partial charge in [0.25, 0.3) is 0 Å². The smallest absolute Gasteiger partial charge is 0.157 e. The van der Waals surface area contributed by atoms with Gasteiger partial charge >= 0.3 is 0 Å². The molecule has 1 N–H and O–H groups in total. The van der Waals surface area contributed by atoms with Crippen molar-refractivity contribution in [3.63, 3.8) is 0 Å². The summed E-state index contributed by atoms with van der Waals surface area (Å²) in [5, 5.41) is 0. The van der Waals surface area contributed by atoms with E-state index in [-0.39, 0.29) is 0 Å². The maximum Gasteiger partial charge on any atom is 0.157 e. The predicted molar refractivity (Wildman–Crippen MR) is 60.3 cm³/mol. The van der Waals surface area contributed by atoms with Crippen molar-refractivity contribution in [1.29, 1.82) is 0 Å². The van der Waals surface area contributed by atoms with Gasteiger partial charge in [0.2, 0.25) is 0 Å². The number of fused-ring (bicyclic) bond motifs is 1. The Morgan fingerprint density at radius 3 is 3.00 bits per heavy atom. The zero-order valence-corrected chi connectivity index (χ0v) is 9.53. The molecule has 2 atom stereocenters.